The molecule has 0 fully saturated rings. The van der Waals surface area contributed by atoms with Crippen molar-refractivity contribution >= 4 is 5.69 Å². The molecule has 1 aromatic rings. The van der Waals surface area contributed by atoms with Crippen molar-refractivity contribution in [1.29, 1.82) is 0 Å². The van der Waals surface area contributed by atoms with Crippen LogP contribution in [0.15, 0.2) is 18.2 Å². The van der Waals surface area contributed by atoms with Crippen LogP contribution in [0, 0.1) is 16.0 Å². The van der Waals surface area contributed by atoms with Crippen LogP contribution in [0.4, 0.5) is 10.1 Å². The maximum Gasteiger partial charge on any atom is 0.273 e. The lowest BCUT2D eigenvalue weighted by Crippen LogP contribution is -1.99. The molecule has 0 unspecified atom stereocenters. The number of rotatable bonds is 4. The fraction of sp³-hybridized carbons (Fsp3) is 0.300. The minimum atomic E-state index is -0.635. The fourth-order valence-corrected chi connectivity index (χ4v) is 1.13. The first-order valence-electron chi connectivity index (χ1n) is 4.30. The van der Waals surface area contributed by atoms with E-state index in [0.29, 0.717) is 17.2 Å². The number of hydrogen-bond acceptors (Lipinski definition) is 3. The summed E-state index contributed by atoms with van der Waals surface area (Å²) in [6.45, 7) is 0.947. The van der Waals surface area contributed by atoms with Gasteiger partial charge in [0.25, 0.3) is 5.69 Å². The number of nitrogens with zero attached hydrogens (tertiary/aromatic N) is 1. The van der Waals surface area contributed by atoms with Gasteiger partial charge in [-0.3, -0.25) is 14.5 Å². The van der Waals surface area contributed by atoms with Gasteiger partial charge >= 0.3 is 0 Å². The van der Waals surface area contributed by atoms with E-state index in [-0.39, 0.29) is 5.69 Å². The lowest BCUT2D eigenvalue weighted by atomic mass is 10.0. The summed E-state index contributed by atoms with van der Waals surface area (Å²) in [6, 6.07) is 4.20. The second-order valence-electron chi connectivity index (χ2n) is 3.09. The normalized spacial score (nSPS) is 10.4. The van der Waals surface area contributed by atoms with E-state index in [1.165, 1.54) is 19.2 Å². The molecule has 0 atom stereocenters. The molecule has 0 aromatic heterocycles. The van der Waals surface area contributed by atoms with E-state index in [1.807, 2.05) is 0 Å². The third-order valence-corrected chi connectivity index (χ3v) is 2.03. The summed E-state index contributed by atoms with van der Waals surface area (Å²) in [7, 11) is 1.41. The molecule has 0 N–H and O–H groups in total. The quantitative estimate of drug-likeness (QED) is 0.569. The number of hydrogen-bond donors (Lipinski definition) is 0. The van der Waals surface area contributed by atoms with Crippen molar-refractivity contribution in [3.63, 3.8) is 0 Å². The van der Waals surface area contributed by atoms with E-state index in [2.05, 4.69) is 0 Å². The van der Waals surface area contributed by atoms with Gasteiger partial charge in [-0.25, -0.2) is 0 Å². The molecule has 1 rings (SSSR count). The van der Waals surface area contributed by atoms with Crippen molar-refractivity contribution in [2.75, 3.05) is 13.8 Å². The number of benzene rings is 1. The van der Waals surface area contributed by atoms with Gasteiger partial charge in [0.2, 0.25) is 0 Å². The molecule has 0 aliphatic carbocycles. The lowest BCUT2D eigenvalue weighted by Gasteiger charge is -2.08. The third-order valence-electron chi connectivity index (χ3n) is 2.03. The molecule has 4 nitrogen and oxygen atoms in total. The number of nitro groups is 1. The highest BCUT2D eigenvalue weighted by molar-refractivity contribution is 5.47. The maximum absolute atomic E-state index is 12.4. The molecule has 5 heteroatoms. The maximum atomic E-state index is 12.4. The molecule has 0 spiro atoms. The number of alkyl halides is 1. The Bertz CT molecular complexity index is 368. The third kappa shape index (κ3) is 2.65. The van der Waals surface area contributed by atoms with Crippen LogP contribution in [0.2, 0.25) is 0 Å². The van der Waals surface area contributed by atoms with Crippen LogP contribution in [0.5, 0.6) is 5.75 Å². The molecular weight excluding hydrogens is 201 g/mol. The zero-order valence-corrected chi connectivity index (χ0v) is 8.49. The first-order valence-corrected chi connectivity index (χ1v) is 4.30. The van der Waals surface area contributed by atoms with E-state index in [1.54, 1.807) is 13.0 Å². The molecule has 0 bridgehead atoms. The molecule has 0 aliphatic rings. The van der Waals surface area contributed by atoms with E-state index < -0.39 is 11.6 Å². The highest BCUT2D eigenvalue weighted by Gasteiger charge is 2.14. The van der Waals surface area contributed by atoms with E-state index in [4.69, 9.17) is 4.74 Å². The molecule has 1 aromatic carbocycles. The largest absolute Gasteiger partial charge is 0.496 e. The van der Waals surface area contributed by atoms with Crippen molar-refractivity contribution in [3.8, 4) is 5.75 Å². The summed E-state index contributed by atoms with van der Waals surface area (Å²) in [5.41, 5.74) is 0.390. The van der Waals surface area contributed by atoms with Crippen molar-refractivity contribution in [2.45, 2.75) is 6.92 Å². The average molecular weight is 212 g/mol. The zero-order valence-electron chi connectivity index (χ0n) is 8.49. The fourth-order valence-electron chi connectivity index (χ4n) is 1.13. The molecule has 15 heavy (non-hydrogen) atoms. The van der Waals surface area contributed by atoms with Gasteiger partial charge in [-0.15, -0.1) is 0 Å². The number of nitro benzene ring substituents is 1. The predicted octanol–water partition coefficient (Wildman–Crippen LogP) is 2.52. The van der Waals surface area contributed by atoms with Crippen LogP contribution >= 0.6 is 0 Å². The number of non-ortho nitro benzene ring substituents is 1. The van der Waals surface area contributed by atoms with E-state index in [9.17, 15) is 14.5 Å². The number of ether oxygens (including phenoxy) is 1. The molecule has 1 radical (unpaired) electrons. The Morgan fingerprint density at radius 3 is 2.67 bits per heavy atom. The zero-order chi connectivity index (χ0) is 11.4. The minimum absolute atomic E-state index is 0.0999. The standard InChI is InChI=1S/C10H11FNO3/c1-7(6-11)8-3-9(12(13)14)5-10(4-8)15-2/h3-5H,6H2,1-2H3. The van der Waals surface area contributed by atoms with Gasteiger partial charge in [-0.05, 0) is 11.6 Å². The summed E-state index contributed by atoms with van der Waals surface area (Å²) in [6.07, 6.45) is 0. The first kappa shape index (κ1) is 11.4. The average Bonchev–Trinajstić information content (AvgIpc) is 2.27. The second-order valence-corrected chi connectivity index (χ2v) is 3.09. The van der Waals surface area contributed by atoms with Gasteiger partial charge < -0.3 is 4.74 Å². The predicted molar refractivity (Wildman–Crippen MR) is 53.6 cm³/mol. The van der Waals surface area contributed by atoms with Crippen molar-refractivity contribution in [1.82, 2.24) is 0 Å². The SMILES string of the molecule is COc1cc([C](C)CF)cc([N+](=O)[O-])c1. The van der Waals surface area contributed by atoms with Crippen LogP contribution in [-0.2, 0) is 0 Å². The summed E-state index contributed by atoms with van der Waals surface area (Å²) >= 11 is 0. The highest BCUT2D eigenvalue weighted by atomic mass is 19.1. The molecular formula is C10H11FNO3. The first-order chi connectivity index (χ1) is 7.08. The van der Waals surface area contributed by atoms with Gasteiger partial charge in [0.05, 0.1) is 24.8 Å². The van der Waals surface area contributed by atoms with Gasteiger partial charge in [0, 0.05) is 12.0 Å². The van der Waals surface area contributed by atoms with Gasteiger partial charge in [-0.2, -0.15) is 0 Å². The van der Waals surface area contributed by atoms with Crippen LogP contribution in [0.1, 0.15) is 12.5 Å². The smallest absolute Gasteiger partial charge is 0.273 e. The summed E-state index contributed by atoms with van der Waals surface area (Å²) < 4.78 is 17.3. The summed E-state index contributed by atoms with van der Waals surface area (Å²) in [5.74, 6) is 0.795. The Balaban J connectivity index is 3.16. The van der Waals surface area contributed by atoms with Crippen molar-refractivity contribution in [3.05, 3.63) is 39.8 Å². The van der Waals surface area contributed by atoms with E-state index in [0.717, 1.165) is 0 Å². The topological polar surface area (TPSA) is 52.4 Å². The molecule has 0 aliphatic heterocycles. The summed E-state index contributed by atoms with van der Waals surface area (Å²) in [5, 5.41) is 10.6. The number of halogens is 1. The van der Waals surface area contributed by atoms with Crippen LogP contribution in [0.3, 0.4) is 0 Å². The summed E-state index contributed by atoms with van der Waals surface area (Å²) in [4.78, 5) is 10.0. The Morgan fingerprint density at radius 2 is 2.20 bits per heavy atom. The molecule has 81 valence electrons. The Morgan fingerprint density at radius 1 is 1.53 bits per heavy atom. The Kier molecular flexibility index (Phi) is 3.60. The minimum Gasteiger partial charge on any atom is -0.496 e. The number of methoxy groups -OCH3 is 1. The van der Waals surface area contributed by atoms with Crippen LogP contribution in [0.25, 0.3) is 0 Å². The van der Waals surface area contributed by atoms with Crippen LogP contribution < -0.4 is 4.74 Å². The molecule has 0 saturated heterocycles. The Hall–Kier alpha value is -1.65. The lowest BCUT2D eigenvalue weighted by molar-refractivity contribution is -0.385. The Labute approximate surface area is 86.8 Å². The van der Waals surface area contributed by atoms with Gasteiger partial charge in [0.1, 0.15) is 5.75 Å². The monoisotopic (exact) mass is 212 g/mol. The van der Waals surface area contributed by atoms with Crippen LogP contribution in [-0.4, -0.2) is 18.7 Å². The van der Waals surface area contributed by atoms with Crippen molar-refractivity contribution in [2.24, 2.45) is 0 Å². The second kappa shape index (κ2) is 4.72. The molecule has 0 amide bonds. The molecule has 0 saturated carbocycles. The van der Waals surface area contributed by atoms with Crippen molar-refractivity contribution < 1.29 is 14.1 Å². The van der Waals surface area contributed by atoms with E-state index >= 15 is 0 Å². The van der Waals surface area contributed by atoms with Gasteiger partial charge in [0.15, 0.2) is 0 Å². The highest BCUT2D eigenvalue weighted by Crippen LogP contribution is 2.26. The van der Waals surface area contributed by atoms with Gasteiger partial charge in [-0.1, -0.05) is 6.92 Å². The molecule has 0 heterocycles.